The maximum Gasteiger partial charge on any atom is 0.391 e. The van der Waals surface area contributed by atoms with E-state index < -0.39 is 43.5 Å². The molecule has 0 amide bonds. The molecule has 0 fully saturated rings. The van der Waals surface area contributed by atoms with Crippen LogP contribution in [-0.2, 0) is 4.74 Å². The minimum atomic E-state index is -4.35. The van der Waals surface area contributed by atoms with Gasteiger partial charge in [-0.3, -0.25) is 0 Å². The topological polar surface area (TPSA) is 29.5 Å². The van der Waals surface area contributed by atoms with E-state index >= 15 is 0 Å². The van der Waals surface area contributed by atoms with Crippen LogP contribution in [0.2, 0.25) is 0 Å². The SMILES string of the molecule is OC(COCCC(F)(F)F)c1cccc(F)c1F. The maximum absolute atomic E-state index is 13.2. The van der Waals surface area contributed by atoms with Crippen LogP contribution in [0.3, 0.4) is 0 Å². The van der Waals surface area contributed by atoms with Gasteiger partial charge in [-0.2, -0.15) is 13.2 Å². The van der Waals surface area contributed by atoms with E-state index in [1.54, 1.807) is 0 Å². The molecule has 0 saturated carbocycles. The molecule has 1 N–H and O–H groups in total. The zero-order chi connectivity index (χ0) is 13.8. The van der Waals surface area contributed by atoms with Crippen molar-refractivity contribution in [2.75, 3.05) is 13.2 Å². The molecule has 0 radical (unpaired) electrons. The van der Waals surface area contributed by atoms with Gasteiger partial charge in [-0.05, 0) is 6.07 Å². The molecular weight excluding hydrogens is 259 g/mol. The zero-order valence-corrected chi connectivity index (χ0v) is 9.18. The Kier molecular flexibility index (Phi) is 5.03. The Morgan fingerprint density at radius 2 is 1.89 bits per heavy atom. The number of aliphatic hydroxyl groups excluding tert-OH is 1. The van der Waals surface area contributed by atoms with Gasteiger partial charge in [-0.1, -0.05) is 12.1 Å². The Morgan fingerprint density at radius 1 is 1.22 bits per heavy atom. The van der Waals surface area contributed by atoms with Crippen LogP contribution in [0.25, 0.3) is 0 Å². The Labute approximate surface area is 100.0 Å². The molecule has 7 heteroatoms. The fourth-order valence-electron chi connectivity index (χ4n) is 1.25. The molecule has 1 unspecified atom stereocenters. The molecular formula is C11H11F5O2. The zero-order valence-electron chi connectivity index (χ0n) is 9.18. The van der Waals surface area contributed by atoms with Crippen molar-refractivity contribution in [2.24, 2.45) is 0 Å². The van der Waals surface area contributed by atoms with Crippen molar-refractivity contribution in [3.8, 4) is 0 Å². The first-order valence-electron chi connectivity index (χ1n) is 5.07. The molecule has 0 saturated heterocycles. The third-order valence-corrected chi connectivity index (χ3v) is 2.15. The fourth-order valence-corrected chi connectivity index (χ4v) is 1.25. The van der Waals surface area contributed by atoms with Crippen LogP contribution in [0.5, 0.6) is 0 Å². The number of rotatable bonds is 5. The highest BCUT2D eigenvalue weighted by Gasteiger charge is 2.26. The van der Waals surface area contributed by atoms with Crippen LogP contribution in [-0.4, -0.2) is 24.5 Å². The van der Waals surface area contributed by atoms with E-state index in [0.29, 0.717) is 0 Å². The average Bonchev–Trinajstić information content (AvgIpc) is 2.26. The molecule has 2 nitrogen and oxygen atoms in total. The summed E-state index contributed by atoms with van der Waals surface area (Å²) in [4.78, 5) is 0. The Morgan fingerprint density at radius 3 is 2.50 bits per heavy atom. The van der Waals surface area contributed by atoms with Gasteiger partial charge in [0.25, 0.3) is 0 Å². The first-order valence-corrected chi connectivity index (χ1v) is 5.07. The van der Waals surface area contributed by atoms with Crippen LogP contribution >= 0.6 is 0 Å². The molecule has 0 aliphatic rings. The van der Waals surface area contributed by atoms with Crippen LogP contribution in [0.1, 0.15) is 18.1 Å². The van der Waals surface area contributed by atoms with Gasteiger partial charge in [-0.25, -0.2) is 8.78 Å². The number of ether oxygens (including phenoxy) is 1. The van der Waals surface area contributed by atoms with Gasteiger partial charge in [0.2, 0.25) is 0 Å². The van der Waals surface area contributed by atoms with Gasteiger partial charge in [0, 0.05) is 5.56 Å². The summed E-state index contributed by atoms with van der Waals surface area (Å²) in [7, 11) is 0. The lowest BCUT2D eigenvalue weighted by Crippen LogP contribution is -2.15. The van der Waals surface area contributed by atoms with E-state index in [0.717, 1.165) is 12.1 Å². The summed E-state index contributed by atoms with van der Waals surface area (Å²) in [5, 5.41) is 9.44. The molecule has 0 bridgehead atoms. The number of hydrogen-bond donors (Lipinski definition) is 1. The van der Waals surface area contributed by atoms with Crippen molar-refractivity contribution in [3.05, 3.63) is 35.4 Å². The molecule has 1 aromatic rings. The highest BCUT2D eigenvalue weighted by Crippen LogP contribution is 2.21. The molecule has 0 spiro atoms. The standard InChI is InChI=1S/C11H11F5O2/c12-8-3-1-2-7(10(8)13)9(17)6-18-5-4-11(14,15)16/h1-3,9,17H,4-6H2. The summed E-state index contributed by atoms with van der Waals surface area (Å²) < 4.78 is 65.9. The molecule has 0 aliphatic carbocycles. The van der Waals surface area contributed by atoms with Crippen LogP contribution in [0.15, 0.2) is 18.2 Å². The first-order chi connectivity index (χ1) is 8.31. The van der Waals surface area contributed by atoms with E-state index in [1.807, 2.05) is 0 Å². The fraction of sp³-hybridized carbons (Fsp3) is 0.455. The largest absolute Gasteiger partial charge is 0.391 e. The molecule has 0 aromatic heterocycles. The lowest BCUT2D eigenvalue weighted by Gasteiger charge is -2.13. The third kappa shape index (κ3) is 4.58. The Balaban J connectivity index is 2.46. The summed E-state index contributed by atoms with van der Waals surface area (Å²) in [5.41, 5.74) is -0.345. The second-order valence-corrected chi connectivity index (χ2v) is 3.60. The third-order valence-electron chi connectivity index (χ3n) is 2.15. The summed E-state index contributed by atoms with van der Waals surface area (Å²) in [5.74, 6) is -2.37. The van der Waals surface area contributed by atoms with Crippen LogP contribution in [0.4, 0.5) is 22.0 Å². The van der Waals surface area contributed by atoms with Gasteiger partial charge >= 0.3 is 6.18 Å². The van der Waals surface area contributed by atoms with Gasteiger partial charge in [-0.15, -0.1) is 0 Å². The van der Waals surface area contributed by atoms with Gasteiger partial charge in [0.05, 0.1) is 19.6 Å². The molecule has 0 heterocycles. The molecule has 102 valence electrons. The van der Waals surface area contributed by atoms with Gasteiger partial charge in [0.1, 0.15) is 6.10 Å². The smallest absolute Gasteiger partial charge is 0.386 e. The van der Waals surface area contributed by atoms with E-state index in [-0.39, 0.29) is 5.56 Å². The number of alkyl halides is 3. The Hall–Kier alpha value is -1.21. The van der Waals surface area contributed by atoms with E-state index in [4.69, 9.17) is 0 Å². The number of hydrogen-bond acceptors (Lipinski definition) is 2. The summed E-state index contributed by atoms with van der Waals surface area (Å²) >= 11 is 0. The number of halogens is 5. The van der Waals surface area contributed by atoms with Crippen molar-refractivity contribution in [2.45, 2.75) is 18.7 Å². The predicted octanol–water partition coefficient (Wildman–Crippen LogP) is 2.97. The van der Waals surface area contributed by atoms with Crippen molar-refractivity contribution in [1.29, 1.82) is 0 Å². The highest BCUT2D eigenvalue weighted by atomic mass is 19.4. The van der Waals surface area contributed by atoms with Crippen molar-refractivity contribution < 1.29 is 31.8 Å². The van der Waals surface area contributed by atoms with E-state index in [2.05, 4.69) is 4.74 Å². The normalized spacial score (nSPS) is 13.7. The summed E-state index contributed by atoms with van der Waals surface area (Å²) in [6.45, 7) is -1.17. The van der Waals surface area contributed by atoms with Crippen LogP contribution in [0, 0.1) is 11.6 Å². The maximum atomic E-state index is 13.2. The predicted molar refractivity (Wildman–Crippen MR) is 52.8 cm³/mol. The molecule has 18 heavy (non-hydrogen) atoms. The van der Waals surface area contributed by atoms with E-state index in [9.17, 15) is 27.1 Å². The lowest BCUT2D eigenvalue weighted by atomic mass is 10.1. The molecule has 1 aromatic carbocycles. The lowest BCUT2D eigenvalue weighted by molar-refractivity contribution is -0.147. The van der Waals surface area contributed by atoms with Gasteiger partial charge < -0.3 is 9.84 Å². The molecule has 0 aliphatic heterocycles. The van der Waals surface area contributed by atoms with Crippen molar-refractivity contribution >= 4 is 0 Å². The monoisotopic (exact) mass is 270 g/mol. The minimum Gasteiger partial charge on any atom is -0.386 e. The first kappa shape index (κ1) is 14.8. The summed E-state index contributed by atoms with van der Waals surface area (Å²) in [6.07, 6.45) is -7.02. The second kappa shape index (κ2) is 6.10. The number of benzene rings is 1. The highest BCUT2D eigenvalue weighted by molar-refractivity contribution is 5.21. The van der Waals surface area contributed by atoms with E-state index in [1.165, 1.54) is 6.07 Å². The molecule has 1 atom stereocenters. The summed E-state index contributed by atoms with van der Waals surface area (Å²) in [6, 6.07) is 3.19. The quantitative estimate of drug-likeness (QED) is 0.658. The van der Waals surface area contributed by atoms with Crippen LogP contribution < -0.4 is 0 Å². The molecule has 1 rings (SSSR count). The minimum absolute atomic E-state index is 0.345. The van der Waals surface area contributed by atoms with Crippen molar-refractivity contribution in [3.63, 3.8) is 0 Å². The van der Waals surface area contributed by atoms with Gasteiger partial charge in [0.15, 0.2) is 11.6 Å². The Bertz CT molecular complexity index is 392. The van der Waals surface area contributed by atoms with Crippen molar-refractivity contribution in [1.82, 2.24) is 0 Å². The average molecular weight is 270 g/mol. The second-order valence-electron chi connectivity index (χ2n) is 3.60. The number of aliphatic hydroxyl groups is 1.